The lowest BCUT2D eigenvalue weighted by molar-refractivity contribution is -0.00360. The Balaban J connectivity index is 2.09. The first-order valence-corrected chi connectivity index (χ1v) is 4.34. The summed E-state index contributed by atoms with van der Waals surface area (Å²) in [6.45, 7) is 1.15. The molecule has 0 atom stereocenters. The van der Waals surface area contributed by atoms with E-state index in [1.807, 2.05) is 0 Å². The molecule has 2 heterocycles. The van der Waals surface area contributed by atoms with Crippen LogP contribution in [0.25, 0.3) is 0 Å². The van der Waals surface area contributed by atoms with Gasteiger partial charge in [0.1, 0.15) is 5.69 Å². The number of nitrogens with two attached hydrogens (primary N) is 1. The third-order valence-electron chi connectivity index (χ3n) is 2.16. The third-order valence-corrected chi connectivity index (χ3v) is 2.16. The number of hydrogen-bond donors (Lipinski definition) is 2. The first kappa shape index (κ1) is 9.01. The van der Waals surface area contributed by atoms with Crippen molar-refractivity contribution in [2.24, 2.45) is 7.05 Å². The molecular weight excluding hydrogens is 184 g/mol. The second-order valence-electron chi connectivity index (χ2n) is 3.28. The lowest BCUT2D eigenvalue weighted by atomic mass is 10.2. The minimum atomic E-state index is -0.198. The number of amides is 1. The summed E-state index contributed by atoms with van der Waals surface area (Å²) >= 11 is 0. The molecule has 1 aliphatic rings. The Morgan fingerprint density at radius 2 is 2.50 bits per heavy atom. The Bertz CT molecular complexity index is 337. The minimum absolute atomic E-state index is 0.108. The fourth-order valence-corrected chi connectivity index (χ4v) is 1.31. The summed E-state index contributed by atoms with van der Waals surface area (Å²) in [6, 6.07) is 0.108. The highest BCUT2D eigenvalue weighted by Gasteiger charge is 2.23. The molecule has 1 fully saturated rings. The van der Waals surface area contributed by atoms with Crippen molar-refractivity contribution in [3.63, 3.8) is 0 Å². The van der Waals surface area contributed by atoms with Gasteiger partial charge in [-0.25, -0.2) is 0 Å². The van der Waals surface area contributed by atoms with Crippen LogP contribution in [0.5, 0.6) is 0 Å². The summed E-state index contributed by atoms with van der Waals surface area (Å²) in [5, 5.41) is 6.68. The van der Waals surface area contributed by atoms with E-state index in [0.29, 0.717) is 24.6 Å². The Hall–Kier alpha value is -1.56. The van der Waals surface area contributed by atoms with Crippen LogP contribution in [-0.4, -0.2) is 34.9 Å². The monoisotopic (exact) mass is 196 g/mol. The molecule has 3 N–H and O–H groups in total. The molecule has 1 saturated heterocycles. The zero-order chi connectivity index (χ0) is 10.1. The summed E-state index contributed by atoms with van der Waals surface area (Å²) in [5.74, 6) is -0.198. The minimum Gasteiger partial charge on any atom is -0.396 e. The van der Waals surface area contributed by atoms with E-state index >= 15 is 0 Å². The van der Waals surface area contributed by atoms with Crippen molar-refractivity contribution >= 4 is 11.6 Å². The van der Waals surface area contributed by atoms with Gasteiger partial charge in [0.15, 0.2) is 0 Å². The molecule has 1 aromatic heterocycles. The number of ether oxygens (including phenoxy) is 1. The van der Waals surface area contributed by atoms with Crippen molar-refractivity contribution in [1.29, 1.82) is 0 Å². The lowest BCUT2D eigenvalue weighted by Gasteiger charge is -2.26. The number of aromatic nitrogens is 2. The molecule has 1 aromatic rings. The molecule has 0 spiro atoms. The van der Waals surface area contributed by atoms with Crippen LogP contribution in [0.4, 0.5) is 5.69 Å². The molecule has 1 aliphatic heterocycles. The fraction of sp³-hybridized carbons (Fsp3) is 0.500. The average Bonchev–Trinajstić information content (AvgIpc) is 2.39. The van der Waals surface area contributed by atoms with Crippen LogP contribution in [0, 0.1) is 0 Å². The fourth-order valence-electron chi connectivity index (χ4n) is 1.31. The van der Waals surface area contributed by atoms with Gasteiger partial charge < -0.3 is 15.8 Å². The van der Waals surface area contributed by atoms with Crippen LogP contribution in [-0.2, 0) is 11.8 Å². The van der Waals surface area contributed by atoms with Crippen molar-refractivity contribution in [1.82, 2.24) is 15.1 Å². The first-order valence-electron chi connectivity index (χ1n) is 4.34. The number of aryl methyl sites for hydroxylation is 1. The van der Waals surface area contributed by atoms with Crippen molar-refractivity contribution in [3.05, 3.63) is 11.9 Å². The number of nitrogens with zero attached hydrogens (tertiary/aromatic N) is 2. The lowest BCUT2D eigenvalue weighted by Crippen LogP contribution is -2.49. The highest BCUT2D eigenvalue weighted by molar-refractivity contribution is 5.97. The maximum absolute atomic E-state index is 11.6. The van der Waals surface area contributed by atoms with Crippen LogP contribution < -0.4 is 11.1 Å². The number of nitrogens with one attached hydrogen (secondary N) is 1. The largest absolute Gasteiger partial charge is 0.396 e. The maximum Gasteiger partial charge on any atom is 0.272 e. The van der Waals surface area contributed by atoms with Gasteiger partial charge in [-0.05, 0) is 0 Å². The van der Waals surface area contributed by atoms with Crippen molar-refractivity contribution in [3.8, 4) is 0 Å². The third kappa shape index (κ3) is 1.44. The molecule has 0 radical (unpaired) electrons. The van der Waals surface area contributed by atoms with Crippen LogP contribution in [0.15, 0.2) is 6.20 Å². The van der Waals surface area contributed by atoms with Gasteiger partial charge >= 0.3 is 0 Å². The quantitative estimate of drug-likeness (QED) is 0.644. The molecule has 6 heteroatoms. The molecule has 6 nitrogen and oxygen atoms in total. The summed E-state index contributed by atoms with van der Waals surface area (Å²) in [6.07, 6.45) is 1.46. The van der Waals surface area contributed by atoms with E-state index < -0.39 is 0 Å². The Labute approximate surface area is 81.0 Å². The van der Waals surface area contributed by atoms with Crippen molar-refractivity contribution in [2.75, 3.05) is 18.9 Å². The van der Waals surface area contributed by atoms with Gasteiger partial charge in [0, 0.05) is 7.05 Å². The Kier molecular flexibility index (Phi) is 2.12. The topological polar surface area (TPSA) is 82.2 Å². The predicted octanol–water partition coefficient (Wildman–Crippen LogP) is -0.869. The van der Waals surface area contributed by atoms with Crippen LogP contribution >= 0.6 is 0 Å². The molecule has 14 heavy (non-hydrogen) atoms. The molecule has 0 saturated carbocycles. The van der Waals surface area contributed by atoms with E-state index in [-0.39, 0.29) is 11.9 Å². The Morgan fingerprint density at radius 1 is 1.79 bits per heavy atom. The van der Waals surface area contributed by atoms with Gasteiger partial charge in [0.2, 0.25) is 0 Å². The van der Waals surface area contributed by atoms with Gasteiger partial charge in [0.05, 0.1) is 31.1 Å². The van der Waals surface area contributed by atoms with Gasteiger partial charge in [-0.1, -0.05) is 0 Å². The normalized spacial score (nSPS) is 16.4. The standard InChI is InChI=1S/C8H12N4O2/c1-12-7(6(9)2-10-12)8(13)11-5-3-14-4-5/h2,5H,3-4,9H2,1H3,(H,11,13). The van der Waals surface area contributed by atoms with E-state index in [4.69, 9.17) is 10.5 Å². The van der Waals surface area contributed by atoms with Gasteiger partial charge in [-0.3, -0.25) is 9.48 Å². The highest BCUT2D eigenvalue weighted by Crippen LogP contribution is 2.10. The second-order valence-corrected chi connectivity index (χ2v) is 3.28. The van der Waals surface area contributed by atoms with Gasteiger partial charge in [0.25, 0.3) is 5.91 Å². The first-order chi connectivity index (χ1) is 6.68. The number of anilines is 1. The van der Waals surface area contributed by atoms with E-state index in [9.17, 15) is 4.79 Å². The zero-order valence-electron chi connectivity index (χ0n) is 7.86. The SMILES string of the molecule is Cn1ncc(N)c1C(=O)NC1COC1. The molecule has 76 valence electrons. The highest BCUT2D eigenvalue weighted by atomic mass is 16.5. The van der Waals surface area contributed by atoms with Crippen LogP contribution in [0.3, 0.4) is 0 Å². The smallest absolute Gasteiger partial charge is 0.272 e. The predicted molar refractivity (Wildman–Crippen MR) is 49.7 cm³/mol. The zero-order valence-corrected chi connectivity index (χ0v) is 7.86. The molecule has 1 amide bonds. The van der Waals surface area contributed by atoms with E-state index in [1.165, 1.54) is 10.9 Å². The van der Waals surface area contributed by atoms with E-state index in [0.717, 1.165) is 0 Å². The summed E-state index contributed by atoms with van der Waals surface area (Å²) < 4.78 is 6.41. The molecule has 0 aromatic carbocycles. The molecule has 0 aliphatic carbocycles. The summed E-state index contributed by atoms with van der Waals surface area (Å²) in [7, 11) is 1.68. The molecule has 0 unspecified atom stereocenters. The molecule has 2 rings (SSSR count). The van der Waals surface area contributed by atoms with Gasteiger partial charge in [-0.2, -0.15) is 5.10 Å². The molecular formula is C8H12N4O2. The Morgan fingerprint density at radius 3 is 2.93 bits per heavy atom. The van der Waals surface area contributed by atoms with Crippen molar-refractivity contribution < 1.29 is 9.53 Å². The number of hydrogen-bond acceptors (Lipinski definition) is 4. The van der Waals surface area contributed by atoms with Crippen molar-refractivity contribution in [2.45, 2.75) is 6.04 Å². The number of nitrogen functional groups attached to an aromatic ring is 1. The van der Waals surface area contributed by atoms with Crippen LogP contribution in [0.2, 0.25) is 0 Å². The van der Waals surface area contributed by atoms with E-state index in [1.54, 1.807) is 7.05 Å². The average molecular weight is 196 g/mol. The molecule has 0 bridgehead atoms. The van der Waals surface area contributed by atoms with E-state index in [2.05, 4.69) is 10.4 Å². The van der Waals surface area contributed by atoms with Crippen LogP contribution in [0.1, 0.15) is 10.5 Å². The van der Waals surface area contributed by atoms with Gasteiger partial charge in [-0.15, -0.1) is 0 Å². The summed E-state index contributed by atoms with van der Waals surface area (Å²) in [5.41, 5.74) is 6.40. The second kappa shape index (κ2) is 3.30. The number of rotatable bonds is 2. The number of carbonyl (C=O) groups is 1. The number of carbonyl (C=O) groups excluding carboxylic acids is 1. The summed E-state index contributed by atoms with van der Waals surface area (Å²) in [4.78, 5) is 11.6. The maximum atomic E-state index is 11.6.